The van der Waals surface area contributed by atoms with E-state index in [1.165, 1.54) is 6.07 Å². The third kappa shape index (κ3) is 6.35. The lowest BCUT2D eigenvalue weighted by atomic mass is 9.99. The van der Waals surface area contributed by atoms with Gasteiger partial charge in [-0.1, -0.05) is 18.6 Å². The molecule has 2 aromatic carbocycles. The molecule has 1 aromatic heterocycles. The molecule has 34 heavy (non-hydrogen) atoms. The van der Waals surface area contributed by atoms with Crippen molar-refractivity contribution < 1.29 is 19.1 Å². The van der Waals surface area contributed by atoms with Crippen molar-refractivity contribution in [3.8, 4) is 11.5 Å². The van der Waals surface area contributed by atoms with Crippen molar-refractivity contribution in [2.24, 2.45) is 0 Å². The molecule has 0 bridgehead atoms. The lowest BCUT2D eigenvalue weighted by molar-refractivity contribution is 0.0992. The smallest absolute Gasteiger partial charge is 0.339 e. The van der Waals surface area contributed by atoms with Crippen molar-refractivity contribution in [2.75, 3.05) is 19.7 Å². The summed E-state index contributed by atoms with van der Waals surface area (Å²) >= 11 is 0. The third-order valence-corrected chi connectivity index (χ3v) is 5.66. The van der Waals surface area contributed by atoms with Crippen LogP contribution in [0.1, 0.15) is 54.2 Å². The minimum Gasteiger partial charge on any atom is -0.508 e. The van der Waals surface area contributed by atoms with Gasteiger partial charge in [-0.05, 0) is 88.7 Å². The summed E-state index contributed by atoms with van der Waals surface area (Å²) in [4.78, 5) is 25.6. The maximum atomic E-state index is 12.9. The number of Topliss-reactive ketones (excluding diaryl/α,β-unsaturated/α-hetero) is 1. The zero-order valence-electron chi connectivity index (χ0n) is 20.4. The van der Waals surface area contributed by atoms with E-state index in [0.29, 0.717) is 41.1 Å². The molecule has 0 unspecified atom stereocenters. The highest BCUT2D eigenvalue weighted by atomic mass is 16.5. The van der Waals surface area contributed by atoms with Crippen molar-refractivity contribution in [2.45, 2.75) is 47.0 Å². The molecule has 0 spiro atoms. The number of aryl methyl sites for hydroxylation is 1. The number of phenols is 1. The van der Waals surface area contributed by atoms with Crippen LogP contribution in [-0.2, 0) is 12.8 Å². The standard InChI is InChI=1S/C28H33NO5/c1-5-29-13-6-14-33-26-12-10-22-16-23(28(32)34-27(22)19(26)4)17-25(31)21-9-11-24(30)20(15-21)8-7-18(2)3/h7,9-12,15-16,29-30H,5-6,8,13-14,17H2,1-4H3. The molecule has 0 saturated carbocycles. The van der Waals surface area contributed by atoms with E-state index in [2.05, 4.69) is 12.2 Å². The number of ketones is 1. The van der Waals surface area contributed by atoms with Crippen LogP contribution in [0.25, 0.3) is 11.0 Å². The summed E-state index contributed by atoms with van der Waals surface area (Å²) in [6.45, 7) is 10.3. The van der Waals surface area contributed by atoms with Gasteiger partial charge in [-0.15, -0.1) is 0 Å². The highest BCUT2D eigenvalue weighted by molar-refractivity contribution is 5.98. The maximum absolute atomic E-state index is 12.9. The normalized spacial score (nSPS) is 10.9. The van der Waals surface area contributed by atoms with E-state index >= 15 is 0 Å². The predicted octanol–water partition coefficient (Wildman–Crippen LogP) is 5.12. The lowest BCUT2D eigenvalue weighted by Gasteiger charge is -2.11. The number of rotatable bonds is 11. The summed E-state index contributed by atoms with van der Waals surface area (Å²) in [7, 11) is 0. The largest absolute Gasteiger partial charge is 0.508 e. The zero-order chi connectivity index (χ0) is 24.7. The maximum Gasteiger partial charge on any atom is 0.339 e. The average Bonchev–Trinajstić information content (AvgIpc) is 2.80. The van der Waals surface area contributed by atoms with Crippen LogP contribution in [0.15, 0.2) is 57.3 Å². The van der Waals surface area contributed by atoms with Gasteiger partial charge in [0.2, 0.25) is 0 Å². The number of aromatic hydroxyl groups is 1. The summed E-state index contributed by atoms with van der Waals surface area (Å²) in [6, 6.07) is 10.2. The molecular weight excluding hydrogens is 430 g/mol. The van der Waals surface area contributed by atoms with E-state index < -0.39 is 5.63 Å². The van der Waals surface area contributed by atoms with Gasteiger partial charge in [0.05, 0.1) is 6.61 Å². The topological polar surface area (TPSA) is 88.8 Å². The average molecular weight is 464 g/mol. The Balaban J connectivity index is 1.79. The molecule has 0 amide bonds. The van der Waals surface area contributed by atoms with Crippen molar-refractivity contribution in [3.63, 3.8) is 0 Å². The number of allylic oxidation sites excluding steroid dienone is 2. The van der Waals surface area contributed by atoms with Crippen LogP contribution in [0.3, 0.4) is 0 Å². The van der Waals surface area contributed by atoms with E-state index in [4.69, 9.17) is 9.15 Å². The Morgan fingerprint density at radius 1 is 1.15 bits per heavy atom. The molecular formula is C28H33NO5. The van der Waals surface area contributed by atoms with Crippen LogP contribution in [0.2, 0.25) is 0 Å². The number of nitrogens with one attached hydrogen (secondary N) is 1. The van der Waals surface area contributed by atoms with E-state index in [1.807, 2.05) is 39.0 Å². The predicted molar refractivity (Wildman–Crippen MR) is 135 cm³/mol. The fraction of sp³-hybridized carbons (Fsp3) is 0.357. The number of hydrogen-bond acceptors (Lipinski definition) is 6. The first-order valence-electron chi connectivity index (χ1n) is 11.7. The fourth-order valence-corrected chi connectivity index (χ4v) is 3.70. The van der Waals surface area contributed by atoms with E-state index in [1.54, 1.807) is 18.2 Å². The molecule has 1 heterocycles. The lowest BCUT2D eigenvalue weighted by Crippen LogP contribution is -2.16. The molecule has 6 heteroatoms. The zero-order valence-corrected chi connectivity index (χ0v) is 20.4. The van der Waals surface area contributed by atoms with Crippen LogP contribution >= 0.6 is 0 Å². The second-order valence-electron chi connectivity index (χ2n) is 8.65. The van der Waals surface area contributed by atoms with Crippen molar-refractivity contribution in [1.29, 1.82) is 0 Å². The van der Waals surface area contributed by atoms with Gasteiger partial charge in [0, 0.05) is 28.5 Å². The van der Waals surface area contributed by atoms with Crippen molar-refractivity contribution in [1.82, 2.24) is 5.32 Å². The SMILES string of the molecule is CCNCCCOc1ccc2cc(CC(=O)c3ccc(O)c(CC=C(C)C)c3)c(=O)oc2c1C. The molecule has 0 saturated heterocycles. The van der Waals surface area contributed by atoms with E-state index in [9.17, 15) is 14.7 Å². The Kier molecular flexibility index (Phi) is 8.66. The molecule has 3 rings (SSSR count). The molecule has 0 radical (unpaired) electrons. The van der Waals surface area contributed by atoms with Crippen LogP contribution in [0.5, 0.6) is 11.5 Å². The van der Waals surface area contributed by atoms with Gasteiger partial charge >= 0.3 is 5.63 Å². The van der Waals surface area contributed by atoms with Crippen molar-refractivity contribution in [3.05, 3.63) is 80.7 Å². The number of fused-ring (bicyclic) bond motifs is 1. The summed E-state index contributed by atoms with van der Waals surface area (Å²) in [5, 5.41) is 14.1. The van der Waals surface area contributed by atoms with Gasteiger partial charge in [0.25, 0.3) is 0 Å². The first-order valence-corrected chi connectivity index (χ1v) is 11.7. The highest BCUT2D eigenvalue weighted by Crippen LogP contribution is 2.27. The van der Waals surface area contributed by atoms with Gasteiger partial charge in [-0.25, -0.2) is 4.79 Å². The Labute approximate surface area is 200 Å². The van der Waals surface area contributed by atoms with Crippen LogP contribution in [-0.4, -0.2) is 30.6 Å². The van der Waals surface area contributed by atoms with Gasteiger partial charge in [-0.3, -0.25) is 4.79 Å². The number of benzene rings is 2. The molecule has 0 aliphatic carbocycles. The van der Waals surface area contributed by atoms with Gasteiger partial charge in [0.1, 0.15) is 17.1 Å². The van der Waals surface area contributed by atoms with E-state index in [-0.39, 0.29) is 18.0 Å². The Morgan fingerprint density at radius 3 is 2.68 bits per heavy atom. The first kappa shape index (κ1) is 25.2. The van der Waals surface area contributed by atoms with Gasteiger partial charge < -0.3 is 19.6 Å². The minimum atomic E-state index is -0.531. The first-order chi connectivity index (χ1) is 16.3. The minimum absolute atomic E-state index is 0.0765. The number of ether oxygens (including phenoxy) is 1. The Hall–Kier alpha value is -3.38. The number of hydrogen-bond donors (Lipinski definition) is 2. The molecule has 3 aromatic rings. The third-order valence-electron chi connectivity index (χ3n) is 5.66. The second-order valence-corrected chi connectivity index (χ2v) is 8.65. The molecule has 2 N–H and O–H groups in total. The molecule has 6 nitrogen and oxygen atoms in total. The van der Waals surface area contributed by atoms with Crippen LogP contribution in [0, 0.1) is 6.92 Å². The number of phenolic OH excluding ortho intramolecular Hbond substituents is 1. The van der Waals surface area contributed by atoms with Crippen LogP contribution in [0.4, 0.5) is 0 Å². The summed E-state index contributed by atoms with van der Waals surface area (Å²) in [6.07, 6.45) is 3.33. The monoisotopic (exact) mass is 463 g/mol. The Bertz CT molecular complexity index is 1250. The summed E-state index contributed by atoms with van der Waals surface area (Å²) in [5.41, 5.74) is 3.25. The second kappa shape index (κ2) is 11.7. The molecule has 0 fully saturated rings. The molecule has 180 valence electrons. The molecule has 0 atom stereocenters. The summed E-state index contributed by atoms with van der Waals surface area (Å²) < 4.78 is 11.5. The number of carbonyl (C=O) groups excluding carboxylic acids is 1. The van der Waals surface area contributed by atoms with Crippen molar-refractivity contribution >= 4 is 16.8 Å². The van der Waals surface area contributed by atoms with Gasteiger partial charge in [0.15, 0.2) is 5.78 Å². The quantitative estimate of drug-likeness (QED) is 0.178. The van der Waals surface area contributed by atoms with E-state index in [0.717, 1.165) is 36.0 Å². The molecule has 0 aliphatic heterocycles. The molecule has 0 aliphatic rings. The Morgan fingerprint density at radius 2 is 1.94 bits per heavy atom. The fourth-order valence-electron chi connectivity index (χ4n) is 3.70. The number of carbonyl (C=O) groups is 1. The van der Waals surface area contributed by atoms with Crippen LogP contribution < -0.4 is 15.7 Å². The summed E-state index contributed by atoms with van der Waals surface area (Å²) in [5.74, 6) is 0.626. The highest BCUT2D eigenvalue weighted by Gasteiger charge is 2.16. The van der Waals surface area contributed by atoms with Gasteiger partial charge in [-0.2, -0.15) is 0 Å².